The van der Waals surface area contributed by atoms with E-state index in [0.29, 0.717) is 0 Å². The average Bonchev–Trinajstić information content (AvgIpc) is 2.85. The first-order valence-corrected chi connectivity index (χ1v) is 6.58. The number of aliphatic hydroxyl groups is 1. The van der Waals surface area contributed by atoms with Crippen molar-refractivity contribution < 1.29 is 5.11 Å². The minimum absolute atomic E-state index is 0.00868. The molecule has 0 bridgehead atoms. The van der Waals surface area contributed by atoms with Crippen LogP contribution >= 0.6 is 0 Å². The number of hydrogen-bond donors (Lipinski definition) is 2. The molecule has 2 N–H and O–H groups in total. The maximum atomic E-state index is 9.47. The molecule has 4 nitrogen and oxygen atoms in total. The third-order valence-electron chi connectivity index (χ3n) is 3.95. The van der Waals surface area contributed by atoms with E-state index in [0.717, 1.165) is 12.2 Å². The number of nitrogens with zero attached hydrogens (tertiary/aromatic N) is 2. The highest BCUT2D eigenvalue weighted by Gasteiger charge is 2.37. The van der Waals surface area contributed by atoms with Crippen LogP contribution in [-0.2, 0) is 13.2 Å². The molecule has 0 saturated carbocycles. The predicted molar refractivity (Wildman–Crippen MR) is 73.6 cm³/mol. The summed E-state index contributed by atoms with van der Waals surface area (Å²) in [6.45, 7) is 5.26. The molecule has 1 aliphatic rings. The van der Waals surface area contributed by atoms with Gasteiger partial charge in [0, 0.05) is 12.1 Å². The molecule has 1 aliphatic heterocycles. The Kier molecular flexibility index (Phi) is 2.92. The summed E-state index contributed by atoms with van der Waals surface area (Å²) in [7, 11) is 0. The summed E-state index contributed by atoms with van der Waals surface area (Å²) in [5.74, 6) is 0. The molecule has 1 atom stereocenters. The molecule has 0 amide bonds. The summed E-state index contributed by atoms with van der Waals surface area (Å²) in [5.41, 5.74) is 3.37. The molecule has 1 aromatic heterocycles. The largest absolute Gasteiger partial charge is 0.390 e. The molecule has 0 fully saturated rings. The summed E-state index contributed by atoms with van der Waals surface area (Å²) < 4.78 is 2.07. The van der Waals surface area contributed by atoms with Gasteiger partial charge in [0.15, 0.2) is 0 Å². The van der Waals surface area contributed by atoms with Gasteiger partial charge in [0.05, 0.1) is 30.9 Å². The number of fused-ring (bicyclic) bond motifs is 1. The van der Waals surface area contributed by atoms with Gasteiger partial charge in [-0.25, -0.2) is 4.98 Å². The second-order valence-corrected chi connectivity index (χ2v) is 5.63. The van der Waals surface area contributed by atoms with Gasteiger partial charge in [0.25, 0.3) is 0 Å². The van der Waals surface area contributed by atoms with E-state index in [1.165, 1.54) is 11.1 Å². The van der Waals surface area contributed by atoms with Gasteiger partial charge in [-0.05, 0) is 25.0 Å². The van der Waals surface area contributed by atoms with E-state index >= 15 is 0 Å². The zero-order chi connectivity index (χ0) is 13.5. The van der Waals surface area contributed by atoms with Crippen LogP contribution in [0.1, 0.15) is 36.7 Å². The first kappa shape index (κ1) is 12.4. The molecule has 0 aliphatic carbocycles. The number of imidazole rings is 1. The van der Waals surface area contributed by atoms with Gasteiger partial charge in [0.1, 0.15) is 0 Å². The Morgan fingerprint density at radius 2 is 2.21 bits per heavy atom. The second kappa shape index (κ2) is 4.47. The van der Waals surface area contributed by atoms with Crippen molar-refractivity contribution in [3.05, 3.63) is 53.6 Å². The highest BCUT2D eigenvalue weighted by Crippen LogP contribution is 2.36. The van der Waals surface area contributed by atoms with Crippen LogP contribution in [0.25, 0.3) is 0 Å². The standard InChI is InChI=1S/C15H19N3O/c1-15(2)14(18-10-16-8-12(18)9-19)13-6-4-3-5-11(13)7-17-15/h3-6,8,10,14,17,19H,7,9H2,1-2H3/t14-/m0/s1. The lowest BCUT2D eigenvalue weighted by Crippen LogP contribution is -2.50. The minimum atomic E-state index is -0.0844. The summed E-state index contributed by atoms with van der Waals surface area (Å²) >= 11 is 0. The first-order chi connectivity index (χ1) is 9.13. The van der Waals surface area contributed by atoms with Crippen molar-refractivity contribution in [1.82, 2.24) is 14.9 Å². The smallest absolute Gasteiger partial charge is 0.0955 e. The Morgan fingerprint density at radius 3 is 3.00 bits per heavy atom. The van der Waals surface area contributed by atoms with Crippen LogP contribution < -0.4 is 5.32 Å². The van der Waals surface area contributed by atoms with Crippen LogP contribution in [-0.4, -0.2) is 20.2 Å². The Balaban J connectivity index is 2.17. The molecule has 0 radical (unpaired) electrons. The molecule has 19 heavy (non-hydrogen) atoms. The Bertz CT molecular complexity index is 589. The van der Waals surface area contributed by atoms with E-state index in [4.69, 9.17) is 0 Å². The molecular weight excluding hydrogens is 238 g/mol. The van der Waals surface area contributed by atoms with Crippen LogP contribution in [0.4, 0.5) is 0 Å². The quantitative estimate of drug-likeness (QED) is 0.863. The molecule has 3 rings (SSSR count). The molecular formula is C15H19N3O. The van der Waals surface area contributed by atoms with E-state index in [2.05, 4.69) is 53.0 Å². The lowest BCUT2D eigenvalue weighted by Gasteiger charge is -2.42. The predicted octanol–water partition coefficient (Wildman–Crippen LogP) is 1.85. The molecule has 0 spiro atoms. The third kappa shape index (κ3) is 1.97. The monoisotopic (exact) mass is 257 g/mol. The highest BCUT2D eigenvalue weighted by molar-refractivity contribution is 5.36. The van der Waals surface area contributed by atoms with Crippen molar-refractivity contribution in [2.75, 3.05) is 0 Å². The summed E-state index contributed by atoms with van der Waals surface area (Å²) in [6.07, 6.45) is 3.54. The van der Waals surface area contributed by atoms with Gasteiger partial charge in [-0.15, -0.1) is 0 Å². The molecule has 1 aromatic carbocycles. The second-order valence-electron chi connectivity index (χ2n) is 5.63. The van der Waals surface area contributed by atoms with Gasteiger partial charge < -0.3 is 15.0 Å². The lowest BCUT2D eigenvalue weighted by molar-refractivity contribution is 0.234. The van der Waals surface area contributed by atoms with E-state index in [1.807, 2.05) is 6.33 Å². The van der Waals surface area contributed by atoms with E-state index in [9.17, 15) is 5.11 Å². The SMILES string of the molecule is CC1(C)NCc2ccccc2[C@@H]1n1cncc1CO. The molecule has 0 saturated heterocycles. The van der Waals surface area contributed by atoms with Crippen molar-refractivity contribution in [3.63, 3.8) is 0 Å². The van der Waals surface area contributed by atoms with Crippen LogP contribution in [0.5, 0.6) is 0 Å². The van der Waals surface area contributed by atoms with Crippen LogP contribution in [0.15, 0.2) is 36.8 Å². The fourth-order valence-corrected chi connectivity index (χ4v) is 2.95. The third-order valence-corrected chi connectivity index (χ3v) is 3.95. The molecule has 100 valence electrons. The van der Waals surface area contributed by atoms with Crippen LogP contribution in [0, 0.1) is 0 Å². The zero-order valence-electron chi connectivity index (χ0n) is 11.3. The summed E-state index contributed by atoms with van der Waals surface area (Å²) in [5, 5.41) is 13.0. The topological polar surface area (TPSA) is 50.1 Å². The number of benzene rings is 1. The highest BCUT2D eigenvalue weighted by atomic mass is 16.3. The number of hydrogen-bond acceptors (Lipinski definition) is 3. The number of nitrogens with one attached hydrogen (secondary N) is 1. The van der Waals surface area contributed by atoms with Gasteiger partial charge in [-0.2, -0.15) is 0 Å². The maximum absolute atomic E-state index is 9.47. The normalized spacial score (nSPS) is 21.1. The number of aromatic nitrogens is 2. The number of rotatable bonds is 2. The summed E-state index contributed by atoms with van der Waals surface area (Å²) in [6, 6.07) is 8.60. The van der Waals surface area contributed by atoms with Crippen molar-refractivity contribution in [2.45, 2.75) is 38.6 Å². The average molecular weight is 257 g/mol. The van der Waals surface area contributed by atoms with Crippen molar-refractivity contribution in [3.8, 4) is 0 Å². The van der Waals surface area contributed by atoms with Gasteiger partial charge in [-0.3, -0.25) is 0 Å². The van der Waals surface area contributed by atoms with Crippen molar-refractivity contribution >= 4 is 0 Å². The van der Waals surface area contributed by atoms with E-state index in [1.54, 1.807) is 6.20 Å². The zero-order valence-corrected chi connectivity index (χ0v) is 11.3. The molecule has 2 heterocycles. The fraction of sp³-hybridized carbons (Fsp3) is 0.400. The van der Waals surface area contributed by atoms with E-state index < -0.39 is 0 Å². The molecule has 2 aromatic rings. The Hall–Kier alpha value is -1.65. The maximum Gasteiger partial charge on any atom is 0.0955 e. The van der Waals surface area contributed by atoms with Gasteiger partial charge >= 0.3 is 0 Å². The van der Waals surface area contributed by atoms with Gasteiger partial charge in [-0.1, -0.05) is 24.3 Å². The lowest BCUT2D eigenvalue weighted by atomic mass is 9.82. The van der Waals surface area contributed by atoms with Crippen molar-refractivity contribution in [2.24, 2.45) is 0 Å². The fourth-order valence-electron chi connectivity index (χ4n) is 2.95. The molecule has 0 unspecified atom stereocenters. The van der Waals surface area contributed by atoms with E-state index in [-0.39, 0.29) is 18.2 Å². The van der Waals surface area contributed by atoms with Crippen molar-refractivity contribution in [1.29, 1.82) is 0 Å². The summed E-state index contributed by atoms with van der Waals surface area (Å²) in [4.78, 5) is 4.18. The first-order valence-electron chi connectivity index (χ1n) is 6.58. The minimum Gasteiger partial charge on any atom is -0.390 e. The van der Waals surface area contributed by atoms with Crippen LogP contribution in [0.2, 0.25) is 0 Å². The Labute approximate surface area is 113 Å². The number of aliphatic hydroxyl groups excluding tert-OH is 1. The van der Waals surface area contributed by atoms with Gasteiger partial charge in [0.2, 0.25) is 0 Å². The Morgan fingerprint density at radius 1 is 1.42 bits per heavy atom. The van der Waals surface area contributed by atoms with Crippen LogP contribution in [0.3, 0.4) is 0 Å². The molecule has 4 heteroatoms.